The molecule has 2 aliphatic rings. The van der Waals surface area contributed by atoms with Crippen molar-refractivity contribution in [3.8, 4) is 0 Å². The monoisotopic (exact) mass is 475 g/mol. The lowest BCUT2D eigenvalue weighted by Crippen LogP contribution is -2.55. The number of piperidine rings is 1. The second kappa shape index (κ2) is 9.05. The summed E-state index contributed by atoms with van der Waals surface area (Å²) in [5.41, 5.74) is 0.839. The molecule has 32 heavy (non-hydrogen) atoms. The van der Waals surface area contributed by atoms with Gasteiger partial charge in [-0.1, -0.05) is 54.4 Å². The van der Waals surface area contributed by atoms with Crippen molar-refractivity contribution in [3.63, 3.8) is 0 Å². The van der Waals surface area contributed by atoms with Crippen LogP contribution in [-0.2, 0) is 9.59 Å². The first-order valence-electron chi connectivity index (χ1n) is 10.9. The molecule has 1 saturated heterocycles. The summed E-state index contributed by atoms with van der Waals surface area (Å²) in [4.78, 5) is 27.5. The number of hydrogen-bond donors (Lipinski definition) is 2. The second-order valence-corrected chi connectivity index (χ2v) is 10.2. The lowest BCUT2D eigenvalue weighted by atomic mass is 9.67. The van der Waals surface area contributed by atoms with E-state index in [1.54, 1.807) is 13.0 Å². The Morgan fingerprint density at radius 2 is 1.81 bits per heavy atom. The summed E-state index contributed by atoms with van der Waals surface area (Å²) in [6, 6.07) is 14.6. The van der Waals surface area contributed by atoms with Gasteiger partial charge in [-0.15, -0.1) is 0 Å². The molecule has 2 fully saturated rings. The van der Waals surface area contributed by atoms with Gasteiger partial charge < -0.3 is 15.1 Å². The molecule has 1 aliphatic heterocycles. The molecular formula is C25H27Cl2NO4. The highest BCUT2D eigenvalue weighted by Gasteiger charge is 2.53. The maximum atomic E-state index is 13.9. The van der Waals surface area contributed by atoms with Gasteiger partial charge in [0.05, 0.1) is 24.0 Å². The van der Waals surface area contributed by atoms with Crippen LogP contribution in [-0.4, -0.2) is 39.1 Å². The minimum absolute atomic E-state index is 0.158. The topological polar surface area (TPSA) is 77.8 Å². The van der Waals surface area contributed by atoms with Gasteiger partial charge in [0, 0.05) is 22.0 Å². The lowest BCUT2D eigenvalue weighted by molar-refractivity contribution is -0.160. The summed E-state index contributed by atoms with van der Waals surface area (Å²) >= 11 is 12.5. The van der Waals surface area contributed by atoms with E-state index in [1.807, 2.05) is 47.4 Å². The molecular weight excluding hydrogens is 449 g/mol. The van der Waals surface area contributed by atoms with Crippen LogP contribution in [0.3, 0.4) is 0 Å². The Balaban J connectivity index is 1.88. The van der Waals surface area contributed by atoms with Gasteiger partial charge in [0.1, 0.15) is 0 Å². The molecule has 0 bridgehead atoms. The van der Waals surface area contributed by atoms with E-state index in [0.29, 0.717) is 35.7 Å². The molecule has 0 radical (unpaired) electrons. The SMILES string of the molecule is C[C@@]1(CC(=O)O)CC(c2cccc(Cl)c2)[C@@H](c2ccc(Cl)cc2)N([C@H]2CC[C@@H](O)C2)C1=O. The number of carboxylic acids is 1. The average molecular weight is 476 g/mol. The molecule has 1 aliphatic carbocycles. The molecule has 0 spiro atoms. The number of carboxylic acid groups (broad SMARTS) is 1. The van der Waals surface area contributed by atoms with E-state index >= 15 is 0 Å². The third-order valence-corrected chi connectivity index (χ3v) is 7.39. The number of aliphatic hydroxyl groups is 1. The van der Waals surface area contributed by atoms with Crippen molar-refractivity contribution in [2.75, 3.05) is 0 Å². The van der Waals surface area contributed by atoms with Crippen molar-refractivity contribution in [1.82, 2.24) is 4.90 Å². The maximum absolute atomic E-state index is 13.9. The van der Waals surface area contributed by atoms with Gasteiger partial charge in [-0.25, -0.2) is 0 Å². The number of aliphatic carboxylic acids is 1. The number of halogens is 2. The number of rotatable bonds is 5. The fourth-order valence-corrected chi connectivity index (χ4v) is 5.79. The summed E-state index contributed by atoms with van der Waals surface area (Å²) in [7, 11) is 0. The Hall–Kier alpha value is -2.08. The van der Waals surface area contributed by atoms with Crippen molar-refractivity contribution in [2.45, 2.75) is 63.1 Å². The van der Waals surface area contributed by atoms with E-state index in [1.165, 1.54) is 0 Å². The van der Waals surface area contributed by atoms with Gasteiger partial charge in [0.25, 0.3) is 0 Å². The zero-order valence-corrected chi connectivity index (χ0v) is 19.4. The van der Waals surface area contributed by atoms with Crippen molar-refractivity contribution in [2.24, 2.45) is 5.41 Å². The van der Waals surface area contributed by atoms with Gasteiger partial charge in [-0.05, 0) is 61.1 Å². The van der Waals surface area contributed by atoms with Crippen LogP contribution in [0.15, 0.2) is 48.5 Å². The number of nitrogens with zero attached hydrogens (tertiary/aromatic N) is 1. The molecule has 7 heteroatoms. The molecule has 5 nitrogen and oxygen atoms in total. The molecule has 2 N–H and O–H groups in total. The Kier molecular flexibility index (Phi) is 6.53. The van der Waals surface area contributed by atoms with Crippen molar-refractivity contribution < 1.29 is 19.8 Å². The molecule has 1 unspecified atom stereocenters. The first-order chi connectivity index (χ1) is 15.2. The van der Waals surface area contributed by atoms with E-state index in [9.17, 15) is 19.8 Å². The lowest BCUT2D eigenvalue weighted by Gasteiger charge is -2.51. The minimum Gasteiger partial charge on any atom is -0.481 e. The quantitative estimate of drug-likeness (QED) is 0.602. The third-order valence-electron chi connectivity index (χ3n) is 6.90. The normalized spacial score (nSPS) is 30.5. The molecule has 2 aromatic carbocycles. The van der Waals surface area contributed by atoms with Crippen LogP contribution in [0.4, 0.5) is 0 Å². The minimum atomic E-state index is -1.06. The standard InChI is InChI=1S/C25H27Cl2NO4/c1-25(14-22(30)31)13-21(16-3-2-4-18(27)11-16)23(15-5-7-17(26)8-6-15)28(24(25)32)19-9-10-20(29)12-19/h2-8,11,19-21,23,29H,9-10,12-14H2,1H3,(H,30,31)/t19-,20+,21?,23+,25-/m0/s1. The van der Waals surface area contributed by atoms with Crippen LogP contribution >= 0.6 is 23.2 Å². The predicted octanol–water partition coefficient (Wildman–Crippen LogP) is 5.45. The third kappa shape index (κ3) is 4.52. The van der Waals surface area contributed by atoms with E-state index in [2.05, 4.69) is 0 Å². The number of amides is 1. The zero-order chi connectivity index (χ0) is 23.0. The largest absolute Gasteiger partial charge is 0.481 e. The van der Waals surface area contributed by atoms with E-state index < -0.39 is 17.5 Å². The highest BCUT2D eigenvalue weighted by Crippen LogP contribution is 2.53. The van der Waals surface area contributed by atoms with Crippen LogP contribution in [0, 0.1) is 5.41 Å². The van der Waals surface area contributed by atoms with Gasteiger partial charge >= 0.3 is 5.97 Å². The smallest absolute Gasteiger partial charge is 0.304 e. The molecule has 4 rings (SSSR count). The number of aliphatic hydroxyl groups excluding tert-OH is 1. The van der Waals surface area contributed by atoms with Crippen LogP contribution in [0.5, 0.6) is 0 Å². The van der Waals surface area contributed by atoms with Gasteiger partial charge in [0.15, 0.2) is 0 Å². The first-order valence-corrected chi connectivity index (χ1v) is 11.7. The highest BCUT2D eigenvalue weighted by molar-refractivity contribution is 6.30. The average Bonchev–Trinajstić information content (AvgIpc) is 3.16. The van der Waals surface area contributed by atoms with Crippen LogP contribution in [0.1, 0.15) is 62.1 Å². The van der Waals surface area contributed by atoms with Crippen LogP contribution < -0.4 is 0 Å². The number of carbonyl (C=O) groups is 2. The molecule has 5 atom stereocenters. The Morgan fingerprint density at radius 1 is 1.09 bits per heavy atom. The first kappa shape index (κ1) is 23.1. The summed E-state index contributed by atoms with van der Waals surface area (Å²) in [5, 5.41) is 21.0. The fourth-order valence-electron chi connectivity index (χ4n) is 5.47. The van der Waals surface area contributed by atoms with Crippen molar-refractivity contribution >= 4 is 35.1 Å². The van der Waals surface area contributed by atoms with Gasteiger partial charge in [-0.2, -0.15) is 0 Å². The predicted molar refractivity (Wildman–Crippen MR) is 124 cm³/mol. The Morgan fingerprint density at radius 3 is 2.41 bits per heavy atom. The Labute approximate surface area is 197 Å². The number of likely N-dealkylation sites (tertiary alicyclic amines) is 1. The number of benzene rings is 2. The summed E-state index contributed by atoms with van der Waals surface area (Å²) in [6.45, 7) is 1.75. The molecule has 0 aromatic heterocycles. The highest BCUT2D eigenvalue weighted by atomic mass is 35.5. The summed E-state index contributed by atoms with van der Waals surface area (Å²) < 4.78 is 0. The van der Waals surface area contributed by atoms with Crippen molar-refractivity contribution in [1.29, 1.82) is 0 Å². The second-order valence-electron chi connectivity index (χ2n) is 9.33. The summed E-state index contributed by atoms with van der Waals surface area (Å²) in [6.07, 6.45) is 1.47. The summed E-state index contributed by atoms with van der Waals surface area (Å²) in [5.74, 6) is -1.33. The number of hydrogen-bond acceptors (Lipinski definition) is 3. The zero-order valence-electron chi connectivity index (χ0n) is 17.9. The van der Waals surface area contributed by atoms with Gasteiger partial charge in [-0.3, -0.25) is 9.59 Å². The van der Waals surface area contributed by atoms with E-state index in [0.717, 1.165) is 11.1 Å². The Bertz CT molecular complexity index is 1010. The van der Waals surface area contributed by atoms with Crippen molar-refractivity contribution in [3.05, 3.63) is 69.7 Å². The van der Waals surface area contributed by atoms with Gasteiger partial charge in [0.2, 0.25) is 5.91 Å². The molecule has 170 valence electrons. The molecule has 1 heterocycles. The fraction of sp³-hybridized carbons (Fsp3) is 0.440. The maximum Gasteiger partial charge on any atom is 0.304 e. The molecule has 1 saturated carbocycles. The number of carbonyl (C=O) groups excluding carboxylic acids is 1. The van der Waals surface area contributed by atoms with E-state index in [4.69, 9.17) is 23.2 Å². The van der Waals surface area contributed by atoms with Crippen LogP contribution in [0.2, 0.25) is 10.0 Å². The molecule has 2 aromatic rings. The van der Waals surface area contributed by atoms with E-state index in [-0.39, 0.29) is 30.3 Å². The molecule has 1 amide bonds. The van der Waals surface area contributed by atoms with Crippen LogP contribution in [0.25, 0.3) is 0 Å².